The summed E-state index contributed by atoms with van der Waals surface area (Å²) < 4.78 is 5.14. The number of hydrogen-bond acceptors (Lipinski definition) is 5. The van der Waals surface area contributed by atoms with Crippen molar-refractivity contribution in [1.29, 1.82) is 0 Å². The number of aromatic nitrogens is 2. The average molecular weight is 278 g/mol. The van der Waals surface area contributed by atoms with E-state index in [4.69, 9.17) is 4.74 Å². The minimum Gasteiger partial charge on any atom is -0.481 e. The number of methoxy groups -OCH3 is 1. The Morgan fingerprint density at radius 2 is 1.90 bits per heavy atom. The normalized spacial score (nSPS) is 16.7. The topological polar surface area (TPSA) is 59.1 Å². The molecule has 0 saturated heterocycles. The number of nitrogens with zero attached hydrogens (tertiary/aromatic N) is 2. The number of aryl methyl sites for hydroxylation is 1. The monoisotopic (exact) mass is 278 g/mol. The van der Waals surface area contributed by atoms with E-state index < -0.39 is 0 Å². The van der Waals surface area contributed by atoms with Crippen LogP contribution in [0.3, 0.4) is 0 Å². The van der Waals surface area contributed by atoms with E-state index in [1.165, 1.54) is 38.5 Å². The summed E-state index contributed by atoms with van der Waals surface area (Å²) in [5.74, 6) is 2.16. The summed E-state index contributed by atoms with van der Waals surface area (Å²) in [5.41, 5.74) is 0. The van der Waals surface area contributed by atoms with Crippen LogP contribution in [0.5, 0.6) is 5.88 Å². The average Bonchev–Trinajstić information content (AvgIpc) is 2.71. The molecule has 20 heavy (non-hydrogen) atoms. The zero-order chi connectivity index (χ0) is 14.2. The Bertz CT molecular complexity index is 403. The summed E-state index contributed by atoms with van der Waals surface area (Å²) in [5, 5.41) is 6.96. The van der Waals surface area contributed by atoms with Gasteiger partial charge in [0.25, 0.3) is 0 Å². The highest BCUT2D eigenvalue weighted by atomic mass is 16.5. The van der Waals surface area contributed by atoms with E-state index in [0.29, 0.717) is 11.9 Å². The van der Waals surface area contributed by atoms with Gasteiger partial charge in [0.05, 0.1) is 7.11 Å². The molecule has 1 aliphatic carbocycles. The lowest BCUT2D eigenvalue weighted by atomic mass is 10.1. The first-order valence-corrected chi connectivity index (χ1v) is 7.65. The zero-order valence-electron chi connectivity index (χ0n) is 12.6. The Hall–Kier alpha value is -1.36. The van der Waals surface area contributed by atoms with Gasteiger partial charge >= 0.3 is 0 Å². The van der Waals surface area contributed by atoms with Gasteiger partial charge in [-0.3, -0.25) is 0 Å². The van der Waals surface area contributed by atoms with Gasteiger partial charge in [-0.15, -0.1) is 0 Å². The largest absolute Gasteiger partial charge is 0.481 e. The molecule has 1 aromatic rings. The molecule has 0 aromatic carbocycles. The maximum atomic E-state index is 5.14. The fourth-order valence-electron chi connectivity index (χ4n) is 2.69. The first-order chi connectivity index (χ1) is 9.78. The van der Waals surface area contributed by atoms with Gasteiger partial charge in [0.2, 0.25) is 5.88 Å². The van der Waals surface area contributed by atoms with Crippen LogP contribution in [0.2, 0.25) is 0 Å². The predicted molar refractivity (Wildman–Crippen MR) is 81.3 cm³/mol. The Kier molecular flexibility index (Phi) is 6.05. The fraction of sp³-hybridized carbons (Fsp3) is 0.733. The number of hydrogen-bond donors (Lipinski definition) is 2. The molecular weight excluding hydrogens is 252 g/mol. The summed E-state index contributed by atoms with van der Waals surface area (Å²) in [6.45, 7) is 3.71. The summed E-state index contributed by atoms with van der Waals surface area (Å²) in [6, 6.07) is 2.53. The first-order valence-electron chi connectivity index (χ1n) is 7.65. The molecule has 0 bridgehead atoms. The lowest BCUT2D eigenvalue weighted by Crippen LogP contribution is -2.32. The van der Waals surface area contributed by atoms with Crippen molar-refractivity contribution in [2.45, 2.75) is 51.5 Å². The van der Waals surface area contributed by atoms with E-state index in [-0.39, 0.29) is 0 Å². The molecule has 2 rings (SSSR count). The number of rotatable bonds is 6. The standard InChI is InChI=1S/C15H26N4O/c1-12-18-14(11-15(19-12)20-2)17-10-9-16-13-7-5-3-4-6-8-13/h11,13,16H,3-10H2,1-2H3,(H,17,18,19). The zero-order valence-corrected chi connectivity index (χ0v) is 12.6. The fourth-order valence-corrected chi connectivity index (χ4v) is 2.69. The molecular formula is C15H26N4O. The van der Waals surface area contributed by atoms with E-state index >= 15 is 0 Å². The lowest BCUT2D eigenvalue weighted by molar-refractivity contribution is 0.396. The lowest BCUT2D eigenvalue weighted by Gasteiger charge is -2.16. The first kappa shape index (κ1) is 15.0. The molecule has 0 atom stereocenters. The number of nitrogens with one attached hydrogen (secondary N) is 2. The second-order valence-electron chi connectivity index (χ2n) is 5.41. The van der Waals surface area contributed by atoms with Gasteiger partial charge < -0.3 is 15.4 Å². The van der Waals surface area contributed by atoms with Crippen molar-refractivity contribution in [1.82, 2.24) is 15.3 Å². The van der Waals surface area contributed by atoms with Crippen LogP contribution in [0.4, 0.5) is 5.82 Å². The molecule has 0 spiro atoms. The second kappa shape index (κ2) is 8.04. The Morgan fingerprint density at radius 1 is 1.15 bits per heavy atom. The van der Waals surface area contributed by atoms with Crippen molar-refractivity contribution in [3.8, 4) is 5.88 Å². The molecule has 5 heteroatoms. The molecule has 1 saturated carbocycles. The molecule has 0 aliphatic heterocycles. The third-order valence-electron chi connectivity index (χ3n) is 3.74. The smallest absolute Gasteiger partial charge is 0.218 e. The molecule has 112 valence electrons. The maximum absolute atomic E-state index is 5.14. The van der Waals surface area contributed by atoms with Crippen LogP contribution < -0.4 is 15.4 Å². The Labute approximate surface area is 121 Å². The molecule has 0 unspecified atom stereocenters. The Balaban J connectivity index is 1.71. The van der Waals surface area contributed by atoms with Crippen LogP contribution in [0.1, 0.15) is 44.3 Å². The molecule has 5 nitrogen and oxygen atoms in total. The van der Waals surface area contributed by atoms with Gasteiger partial charge in [-0.05, 0) is 19.8 Å². The molecule has 1 aromatic heterocycles. The van der Waals surface area contributed by atoms with Crippen LogP contribution in [0.25, 0.3) is 0 Å². The molecule has 0 radical (unpaired) electrons. The van der Waals surface area contributed by atoms with Crippen molar-refractivity contribution in [2.24, 2.45) is 0 Å². The summed E-state index contributed by atoms with van der Waals surface area (Å²) in [6.07, 6.45) is 8.18. The molecule has 2 N–H and O–H groups in total. The van der Waals surface area contributed by atoms with Gasteiger partial charge in [-0.1, -0.05) is 25.7 Å². The highest BCUT2D eigenvalue weighted by Crippen LogP contribution is 2.17. The molecule has 1 heterocycles. The van der Waals surface area contributed by atoms with Crippen molar-refractivity contribution >= 4 is 5.82 Å². The van der Waals surface area contributed by atoms with Gasteiger partial charge in [0, 0.05) is 25.2 Å². The van der Waals surface area contributed by atoms with Gasteiger partial charge in [0.1, 0.15) is 11.6 Å². The van der Waals surface area contributed by atoms with E-state index in [9.17, 15) is 0 Å². The van der Waals surface area contributed by atoms with Crippen molar-refractivity contribution in [2.75, 3.05) is 25.5 Å². The number of ether oxygens (including phenoxy) is 1. The molecule has 1 fully saturated rings. The van der Waals surface area contributed by atoms with Gasteiger partial charge in [0.15, 0.2) is 0 Å². The van der Waals surface area contributed by atoms with E-state index in [1.807, 2.05) is 13.0 Å². The Morgan fingerprint density at radius 3 is 2.60 bits per heavy atom. The number of anilines is 1. The predicted octanol–water partition coefficient (Wildman–Crippen LogP) is 2.52. The van der Waals surface area contributed by atoms with Crippen molar-refractivity contribution in [3.63, 3.8) is 0 Å². The van der Waals surface area contributed by atoms with Crippen molar-refractivity contribution < 1.29 is 4.74 Å². The third kappa shape index (κ3) is 4.96. The quantitative estimate of drug-likeness (QED) is 0.618. The third-order valence-corrected chi connectivity index (χ3v) is 3.74. The minimum atomic E-state index is 0.608. The van der Waals surface area contributed by atoms with Crippen LogP contribution in [0.15, 0.2) is 6.07 Å². The SMILES string of the molecule is COc1cc(NCCNC2CCCCCC2)nc(C)n1. The second-order valence-corrected chi connectivity index (χ2v) is 5.41. The minimum absolute atomic E-state index is 0.608. The highest BCUT2D eigenvalue weighted by Gasteiger charge is 2.10. The summed E-state index contributed by atoms with van der Waals surface area (Å²) in [4.78, 5) is 8.53. The van der Waals surface area contributed by atoms with Gasteiger partial charge in [-0.2, -0.15) is 4.98 Å². The van der Waals surface area contributed by atoms with Crippen LogP contribution in [-0.4, -0.2) is 36.2 Å². The molecule has 0 amide bonds. The highest BCUT2D eigenvalue weighted by molar-refractivity contribution is 5.38. The van der Waals surface area contributed by atoms with Crippen molar-refractivity contribution in [3.05, 3.63) is 11.9 Å². The van der Waals surface area contributed by atoms with Crippen LogP contribution in [0, 0.1) is 6.92 Å². The summed E-state index contributed by atoms with van der Waals surface area (Å²) in [7, 11) is 1.62. The van der Waals surface area contributed by atoms with Gasteiger partial charge in [-0.25, -0.2) is 4.98 Å². The summed E-state index contributed by atoms with van der Waals surface area (Å²) >= 11 is 0. The van der Waals surface area contributed by atoms with Crippen LogP contribution >= 0.6 is 0 Å². The van der Waals surface area contributed by atoms with E-state index in [1.54, 1.807) is 7.11 Å². The maximum Gasteiger partial charge on any atom is 0.218 e. The molecule has 1 aliphatic rings. The van der Waals surface area contributed by atoms with E-state index in [0.717, 1.165) is 24.7 Å². The van der Waals surface area contributed by atoms with E-state index in [2.05, 4.69) is 20.6 Å². The van der Waals surface area contributed by atoms with Crippen LogP contribution in [-0.2, 0) is 0 Å².